The summed E-state index contributed by atoms with van der Waals surface area (Å²) in [4.78, 5) is 4.25. The van der Waals surface area contributed by atoms with Gasteiger partial charge in [-0.25, -0.2) is 0 Å². The summed E-state index contributed by atoms with van der Waals surface area (Å²) in [5, 5.41) is 3.84. The molecule has 3 rings (SSSR count). The van der Waals surface area contributed by atoms with E-state index in [0.717, 1.165) is 12.5 Å². The van der Waals surface area contributed by atoms with Gasteiger partial charge in [0.1, 0.15) is 0 Å². The molecule has 1 aliphatic carbocycles. The highest BCUT2D eigenvalue weighted by molar-refractivity contribution is 9.11. The van der Waals surface area contributed by atoms with Gasteiger partial charge in [-0.3, -0.25) is 0 Å². The van der Waals surface area contributed by atoms with E-state index in [1.165, 1.54) is 61.9 Å². The average molecular weight is 371 g/mol. The van der Waals surface area contributed by atoms with E-state index in [9.17, 15) is 0 Å². The van der Waals surface area contributed by atoms with Gasteiger partial charge in [-0.1, -0.05) is 13.3 Å². The largest absolute Gasteiger partial charge is 0.310 e. The van der Waals surface area contributed by atoms with E-state index in [-0.39, 0.29) is 0 Å². The second-order valence-corrected chi connectivity index (χ2v) is 9.26. The maximum Gasteiger partial charge on any atom is 0.0704 e. The molecule has 21 heavy (non-hydrogen) atoms. The van der Waals surface area contributed by atoms with Crippen molar-refractivity contribution in [3.8, 4) is 0 Å². The standard InChI is InChI=1S/C17H27BrN2S/c1-13(12-20-8-3-2-4-9-20)11-19-15-6-5-7-16-14(15)10-17(18)21-16/h10,13,15,19H,2-9,11-12H2,1H3. The Morgan fingerprint density at radius 3 is 2.95 bits per heavy atom. The zero-order chi connectivity index (χ0) is 14.7. The molecule has 0 aromatic carbocycles. The molecule has 2 nitrogen and oxygen atoms in total. The molecule has 118 valence electrons. The smallest absolute Gasteiger partial charge is 0.0704 e. The summed E-state index contributed by atoms with van der Waals surface area (Å²) in [6.45, 7) is 7.44. The van der Waals surface area contributed by atoms with E-state index in [2.05, 4.69) is 39.1 Å². The Balaban J connectivity index is 1.48. The van der Waals surface area contributed by atoms with Gasteiger partial charge in [-0.15, -0.1) is 11.3 Å². The topological polar surface area (TPSA) is 15.3 Å². The molecule has 0 bridgehead atoms. The van der Waals surface area contributed by atoms with Gasteiger partial charge in [0, 0.05) is 17.5 Å². The van der Waals surface area contributed by atoms with Crippen LogP contribution in [0.25, 0.3) is 0 Å². The van der Waals surface area contributed by atoms with Crippen molar-refractivity contribution in [3.63, 3.8) is 0 Å². The van der Waals surface area contributed by atoms with Gasteiger partial charge in [-0.2, -0.15) is 0 Å². The summed E-state index contributed by atoms with van der Waals surface area (Å²) in [5.41, 5.74) is 1.56. The van der Waals surface area contributed by atoms with Crippen LogP contribution in [0.1, 0.15) is 55.5 Å². The van der Waals surface area contributed by atoms with Gasteiger partial charge in [0.2, 0.25) is 0 Å². The molecule has 2 aliphatic rings. The first-order valence-electron chi connectivity index (χ1n) is 8.46. The van der Waals surface area contributed by atoms with Crippen LogP contribution in [0.4, 0.5) is 0 Å². The number of hydrogen-bond acceptors (Lipinski definition) is 3. The highest BCUT2D eigenvalue weighted by atomic mass is 79.9. The highest BCUT2D eigenvalue weighted by Crippen LogP contribution is 2.37. The molecular weight excluding hydrogens is 344 g/mol. The van der Waals surface area contributed by atoms with Gasteiger partial charge in [0.25, 0.3) is 0 Å². The number of rotatable bonds is 5. The van der Waals surface area contributed by atoms with Crippen molar-refractivity contribution in [1.82, 2.24) is 10.2 Å². The molecule has 0 saturated carbocycles. The van der Waals surface area contributed by atoms with Gasteiger partial charge in [-0.05, 0) is 85.2 Å². The minimum absolute atomic E-state index is 0.583. The lowest BCUT2D eigenvalue weighted by atomic mass is 9.93. The monoisotopic (exact) mass is 370 g/mol. The molecule has 2 atom stereocenters. The van der Waals surface area contributed by atoms with E-state index >= 15 is 0 Å². The van der Waals surface area contributed by atoms with Crippen molar-refractivity contribution in [1.29, 1.82) is 0 Å². The normalized spacial score (nSPS) is 24.8. The van der Waals surface area contributed by atoms with Crippen LogP contribution in [0.3, 0.4) is 0 Å². The lowest BCUT2D eigenvalue weighted by Crippen LogP contribution is -2.37. The molecule has 1 saturated heterocycles. The number of likely N-dealkylation sites (tertiary alicyclic amines) is 1. The number of nitrogens with zero attached hydrogens (tertiary/aromatic N) is 1. The maximum atomic E-state index is 3.84. The Hall–Kier alpha value is 0.1000. The fraction of sp³-hybridized carbons (Fsp3) is 0.765. The SMILES string of the molecule is CC(CNC1CCCc2sc(Br)cc21)CN1CCCCC1. The van der Waals surface area contributed by atoms with Crippen LogP contribution in [0.15, 0.2) is 9.85 Å². The maximum absolute atomic E-state index is 3.84. The van der Waals surface area contributed by atoms with Crippen molar-refractivity contribution in [2.45, 2.75) is 51.5 Å². The summed E-state index contributed by atoms with van der Waals surface area (Å²) in [5.74, 6) is 0.746. The van der Waals surface area contributed by atoms with E-state index in [1.807, 2.05) is 11.3 Å². The molecule has 4 heteroatoms. The third kappa shape index (κ3) is 4.31. The number of halogens is 1. The number of nitrogens with one attached hydrogen (secondary N) is 1. The van der Waals surface area contributed by atoms with Crippen LogP contribution in [0, 0.1) is 5.92 Å². The minimum Gasteiger partial charge on any atom is -0.310 e. The highest BCUT2D eigenvalue weighted by Gasteiger charge is 2.23. The summed E-state index contributed by atoms with van der Waals surface area (Å²) in [6.07, 6.45) is 8.13. The van der Waals surface area contributed by atoms with E-state index in [4.69, 9.17) is 0 Å². The van der Waals surface area contributed by atoms with E-state index in [0.29, 0.717) is 6.04 Å². The molecule has 1 aromatic rings. The van der Waals surface area contributed by atoms with Gasteiger partial charge in [0.15, 0.2) is 0 Å². The molecule has 2 unspecified atom stereocenters. The molecule has 0 spiro atoms. The molecule has 0 amide bonds. The summed E-state index contributed by atoms with van der Waals surface area (Å²) in [7, 11) is 0. The minimum atomic E-state index is 0.583. The zero-order valence-electron chi connectivity index (χ0n) is 13.0. The third-order valence-corrected chi connectivity index (χ3v) is 6.53. The predicted molar refractivity (Wildman–Crippen MR) is 95.2 cm³/mol. The molecule has 1 N–H and O–H groups in total. The van der Waals surface area contributed by atoms with E-state index in [1.54, 1.807) is 10.4 Å². The number of aryl methyl sites for hydroxylation is 1. The third-order valence-electron chi connectivity index (χ3n) is 4.81. The van der Waals surface area contributed by atoms with Gasteiger partial charge < -0.3 is 10.2 Å². The Labute approximate surface area is 141 Å². The predicted octanol–water partition coefficient (Wildman–Crippen LogP) is 4.60. The molecule has 1 fully saturated rings. The van der Waals surface area contributed by atoms with Crippen LogP contribution in [-0.4, -0.2) is 31.1 Å². The lowest BCUT2D eigenvalue weighted by Gasteiger charge is -2.30. The Morgan fingerprint density at radius 1 is 1.33 bits per heavy atom. The first-order valence-corrected chi connectivity index (χ1v) is 10.1. The number of thiophene rings is 1. The number of hydrogen-bond donors (Lipinski definition) is 1. The van der Waals surface area contributed by atoms with Gasteiger partial charge in [0.05, 0.1) is 3.79 Å². The first kappa shape index (κ1) is 16.0. The Kier molecular flexibility index (Phi) is 5.77. The molecule has 2 heterocycles. The second kappa shape index (κ2) is 7.58. The molecular formula is C17H27BrN2S. The fourth-order valence-electron chi connectivity index (χ4n) is 3.72. The van der Waals surface area contributed by atoms with Crippen LogP contribution in [-0.2, 0) is 6.42 Å². The van der Waals surface area contributed by atoms with Crippen LogP contribution < -0.4 is 5.32 Å². The second-order valence-electron chi connectivity index (χ2n) is 6.75. The molecule has 0 radical (unpaired) electrons. The summed E-state index contributed by atoms with van der Waals surface area (Å²) >= 11 is 5.57. The number of piperidine rings is 1. The van der Waals surface area contributed by atoms with Crippen LogP contribution in [0.2, 0.25) is 0 Å². The van der Waals surface area contributed by atoms with Gasteiger partial charge >= 0.3 is 0 Å². The lowest BCUT2D eigenvalue weighted by molar-refractivity contribution is 0.196. The summed E-state index contributed by atoms with van der Waals surface area (Å²) in [6, 6.07) is 2.92. The quantitative estimate of drug-likeness (QED) is 0.814. The van der Waals surface area contributed by atoms with Crippen molar-refractivity contribution in [3.05, 3.63) is 20.3 Å². The fourth-order valence-corrected chi connectivity index (χ4v) is 5.54. The zero-order valence-corrected chi connectivity index (χ0v) is 15.4. The van der Waals surface area contributed by atoms with Crippen molar-refractivity contribution in [2.75, 3.05) is 26.2 Å². The summed E-state index contributed by atoms with van der Waals surface area (Å²) < 4.78 is 1.29. The van der Waals surface area contributed by atoms with Crippen LogP contribution in [0.5, 0.6) is 0 Å². The van der Waals surface area contributed by atoms with Crippen molar-refractivity contribution < 1.29 is 0 Å². The van der Waals surface area contributed by atoms with Crippen molar-refractivity contribution in [2.24, 2.45) is 5.92 Å². The average Bonchev–Trinajstić information content (AvgIpc) is 2.87. The Bertz CT molecular complexity index is 454. The number of fused-ring (bicyclic) bond motifs is 1. The van der Waals surface area contributed by atoms with Crippen LogP contribution >= 0.6 is 27.3 Å². The Morgan fingerprint density at radius 2 is 2.14 bits per heavy atom. The first-order chi connectivity index (χ1) is 10.2. The molecule has 1 aromatic heterocycles. The molecule has 1 aliphatic heterocycles. The van der Waals surface area contributed by atoms with Crippen molar-refractivity contribution >= 4 is 27.3 Å². The van der Waals surface area contributed by atoms with E-state index < -0.39 is 0 Å².